The quantitative estimate of drug-likeness (QED) is 0.641. The normalized spacial score (nSPS) is 14.8. The van der Waals surface area contributed by atoms with Crippen molar-refractivity contribution in [3.63, 3.8) is 0 Å². The van der Waals surface area contributed by atoms with Crippen LogP contribution in [0.5, 0.6) is 0 Å². The average Bonchev–Trinajstić information content (AvgIpc) is 2.95. The Morgan fingerprint density at radius 3 is 3.06 bits per heavy atom. The van der Waals surface area contributed by atoms with Crippen molar-refractivity contribution in [3.05, 3.63) is 16.9 Å². The fourth-order valence-electron chi connectivity index (χ4n) is 1.37. The van der Waals surface area contributed by atoms with Crippen LogP contribution < -0.4 is 10.6 Å². The molecule has 0 saturated heterocycles. The molecule has 1 saturated carbocycles. The van der Waals surface area contributed by atoms with Crippen LogP contribution >= 0.6 is 28.1 Å². The van der Waals surface area contributed by atoms with Crippen LogP contribution in [0.3, 0.4) is 0 Å². The zero-order chi connectivity index (χ0) is 11.4. The lowest BCUT2D eigenvalue weighted by atomic mass is 10.4. The number of aryl methyl sites for hydroxylation is 1. The van der Waals surface area contributed by atoms with Crippen molar-refractivity contribution in [1.29, 1.82) is 0 Å². The van der Waals surface area contributed by atoms with Gasteiger partial charge in [0.15, 0.2) is 5.11 Å². The standard InChI is InChI=1S/C10H15BrN4S/c11-8-6-13-15(7-8)5-1-4-12-10(16)14-9-2-3-9/h6-7,9H,1-5H2,(H2,12,14,16). The van der Waals surface area contributed by atoms with Gasteiger partial charge in [0, 0.05) is 25.3 Å². The molecule has 0 bridgehead atoms. The van der Waals surface area contributed by atoms with Crippen molar-refractivity contribution >= 4 is 33.3 Å². The third-order valence-corrected chi connectivity index (χ3v) is 3.04. The van der Waals surface area contributed by atoms with Gasteiger partial charge in [-0.05, 0) is 47.4 Å². The molecule has 0 aliphatic heterocycles. The summed E-state index contributed by atoms with van der Waals surface area (Å²) in [7, 11) is 0. The fourth-order valence-corrected chi connectivity index (χ4v) is 1.96. The minimum absolute atomic E-state index is 0.627. The SMILES string of the molecule is S=C(NCCCn1cc(Br)cn1)NC1CC1. The topological polar surface area (TPSA) is 41.9 Å². The average molecular weight is 303 g/mol. The van der Waals surface area contributed by atoms with Crippen LogP contribution in [-0.2, 0) is 6.54 Å². The van der Waals surface area contributed by atoms with E-state index in [0.717, 1.165) is 29.1 Å². The first-order chi connectivity index (χ1) is 7.74. The smallest absolute Gasteiger partial charge is 0.166 e. The summed E-state index contributed by atoms with van der Waals surface area (Å²) in [6.07, 6.45) is 7.29. The summed E-state index contributed by atoms with van der Waals surface area (Å²) in [6, 6.07) is 0.627. The highest BCUT2D eigenvalue weighted by atomic mass is 79.9. The highest BCUT2D eigenvalue weighted by Gasteiger charge is 2.21. The van der Waals surface area contributed by atoms with Gasteiger partial charge in [0.25, 0.3) is 0 Å². The number of hydrogen-bond donors (Lipinski definition) is 2. The molecule has 0 aromatic carbocycles. The summed E-state index contributed by atoms with van der Waals surface area (Å²) in [5, 5.41) is 11.4. The Bertz CT molecular complexity index is 361. The molecular weight excluding hydrogens is 288 g/mol. The predicted octanol–water partition coefficient (Wildman–Crippen LogP) is 1.66. The van der Waals surface area contributed by atoms with Crippen LogP contribution in [0, 0.1) is 0 Å². The molecule has 1 aromatic heterocycles. The van der Waals surface area contributed by atoms with Crippen LogP contribution in [0.25, 0.3) is 0 Å². The Kier molecular flexibility index (Phi) is 4.17. The predicted molar refractivity (Wildman–Crippen MR) is 71.3 cm³/mol. The van der Waals surface area contributed by atoms with Crippen molar-refractivity contribution in [2.24, 2.45) is 0 Å². The number of nitrogens with one attached hydrogen (secondary N) is 2. The van der Waals surface area contributed by atoms with Crippen molar-refractivity contribution in [2.75, 3.05) is 6.54 Å². The number of halogens is 1. The Balaban J connectivity index is 1.55. The summed E-state index contributed by atoms with van der Waals surface area (Å²) >= 11 is 8.52. The van der Waals surface area contributed by atoms with E-state index in [1.54, 1.807) is 6.20 Å². The second kappa shape index (κ2) is 5.63. The van der Waals surface area contributed by atoms with E-state index in [2.05, 4.69) is 31.7 Å². The molecule has 88 valence electrons. The molecule has 16 heavy (non-hydrogen) atoms. The molecule has 1 heterocycles. The van der Waals surface area contributed by atoms with E-state index >= 15 is 0 Å². The molecule has 6 heteroatoms. The molecule has 0 amide bonds. The van der Waals surface area contributed by atoms with Gasteiger partial charge in [-0.25, -0.2) is 0 Å². The number of rotatable bonds is 5. The summed E-state index contributed by atoms with van der Waals surface area (Å²) in [6.45, 7) is 1.79. The van der Waals surface area contributed by atoms with Crippen LogP contribution in [-0.4, -0.2) is 27.5 Å². The monoisotopic (exact) mass is 302 g/mol. The van der Waals surface area contributed by atoms with E-state index in [-0.39, 0.29) is 0 Å². The lowest BCUT2D eigenvalue weighted by Crippen LogP contribution is -2.37. The number of thiocarbonyl (C=S) groups is 1. The van der Waals surface area contributed by atoms with Crippen molar-refractivity contribution < 1.29 is 0 Å². The maximum atomic E-state index is 5.15. The van der Waals surface area contributed by atoms with Gasteiger partial charge < -0.3 is 10.6 Å². The number of aromatic nitrogens is 2. The van der Waals surface area contributed by atoms with Gasteiger partial charge in [-0.1, -0.05) is 0 Å². The Morgan fingerprint density at radius 1 is 1.62 bits per heavy atom. The van der Waals surface area contributed by atoms with E-state index < -0.39 is 0 Å². The largest absolute Gasteiger partial charge is 0.363 e. The molecule has 1 aliphatic carbocycles. The molecule has 2 N–H and O–H groups in total. The fraction of sp³-hybridized carbons (Fsp3) is 0.600. The third-order valence-electron chi connectivity index (χ3n) is 2.36. The first kappa shape index (κ1) is 11.9. The molecule has 0 unspecified atom stereocenters. The minimum Gasteiger partial charge on any atom is -0.363 e. The maximum Gasteiger partial charge on any atom is 0.166 e. The first-order valence-electron chi connectivity index (χ1n) is 5.46. The Morgan fingerprint density at radius 2 is 2.44 bits per heavy atom. The highest BCUT2D eigenvalue weighted by Crippen LogP contribution is 2.18. The van der Waals surface area contributed by atoms with E-state index in [0.29, 0.717) is 6.04 Å². The summed E-state index contributed by atoms with van der Waals surface area (Å²) < 4.78 is 2.94. The second-order valence-electron chi connectivity index (χ2n) is 3.95. The molecule has 0 radical (unpaired) electrons. The molecule has 1 fully saturated rings. The van der Waals surface area contributed by atoms with Gasteiger partial charge in [-0.15, -0.1) is 0 Å². The van der Waals surface area contributed by atoms with E-state index in [1.807, 2.05) is 10.9 Å². The molecule has 2 rings (SSSR count). The number of hydrogen-bond acceptors (Lipinski definition) is 2. The lowest BCUT2D eigenvalue weighted by molar-refractivity contribution is 0.571. The second-order valence-corrected chi connectivity index (χ2v) is 5.27. The van der Waals surface area contributed by atoms with Crippen molar-refractivity contribution in [2.45, 2.75) is 31.8 Å². The van der Waals surface area contributed by atoms with E-state index in [4.69, 9.17) is 12.2 Å². The van der Waals surface area contributed by atoms with Crippen molar-refractivity contribution in [3.8, 4) is 0 Å². The zero-order valence-corrected chi connectivity index (χ0v) is 11.4. The Labute approximate surface area is 109 Å². The molecule has 0 atom stereocenters. The van der Waals surface area contributed by atoms with Gasteiger partial charge >= 0.3 is 0 Å². The van der Waals surface area contributed by atoms with E-state index in [9.17, 15) is 0 Å². The summed E-state index contributed by atoms with van der Waals surface area (Å²) in [4.78, 5) is 0. The summed E-state index contributed by atoms with van der Waals surface area (Å²) in [5.41, 5.74) is 0. The van der Waals surface area contributed by atoms with Crippen LogP contribution in [0.2, 0.25) is 0 Å². The van der Waals surface area contributed by atoms with Gasteiger partial charge in [-0.2, -0.15) is 5.10 Å². The Hall–Kier alpha value is -0.620. The van der Waals surface area contributed by atoms with Gasteiger partial charge in [0.05, 0.1) is 10.7 Å². The van der Waals surface area contributed by atoms with Crippen LogP contribution in [0.15, 0.2) is 16.9 Å². The molecule has 4 nitrogen and oxygen atoms in total. The molecular formula is C10H15BrN4S. The molecule has 0 spiro atoms. The van der Waals surface area contributed by atoms with Crippen LogP contribution in [0.1, 0.15) is 19.3 Å². The third kappa shape index (κ3) is 4.09. The van der Waals surface area contributed by atoms with Gasteiger partial charge in [0.1, 0.15) is 0 Å². The summed E-state index contributed by atoms with van der Waals surface area (Å²) in [5.74, 6) is 0. The van der Waals surface area contributed by atoms with E-state index in [1.165, 1.54) is 12.8 Å². The van der Waals surface area contributed by atoms with Gasteiger partial charge in [0.2, 0.25) is 0 Å². The zero-order valence-electron chi connectivity index (χ0n) is 8.95. The minimum atomic E-state index is 0.627. The number of nitrogens with zero attached hydrogens (tertiary/aromatic N) is 2. The first-order valence-corrected chi connectivity index (χ1v) is 6.66. The molecule has 1 aromatic rings. The highest BCUT2D eigenvalue weighted by molar-refractivity contribution is 9.10. The molecule has 1 aliphatic rings. The van der Waals surface area contributed by atoms with Crippen LogP contribution in [0.4, 0.5) is 0 Å². The van der Waals surface area contributed by atoms with Crippen molar-refractivity contribution in [1.82, 2.24) is 20.4 Å². The lowest BCUT2D eigenvalue weighted by Gasteiger charge is -2.09. The van der Waals surface area contributed by atoms with Gasteiger partial charge in [-0.3, -0.25) is 4.68 Å². The maximum absolute atomic E-state index is 5.15.